The summed E-state index contributed by atoms with van der Waals surface area (Å²) in [5.41, 5.74) is 3.17. The standard InChI is InChI=1S/C18H22FN3O/c1-23-17-8-15-6-7-16(9-17)22(15)11-13-10-20-21-18(13)12-2-4-14(19)5-3-12/h2-5,10,15-17H,6-9,11H2,1H3,(H,20,21)/t15-,16+,17?. The maximum Gasteiger partial charge on any atom is 0.123 e. The first-order valence-electron chi connectivity index (χ1n) is 8.31. The minimum Gasteiger partial charge on any atom is -0.381 e. The molecule has 2 saturated heterocycles. The molecule has 0 radical (unpaired) electrons. The molecule has 2 aliphatic heterocycles. The number of rotatable bonds is 4. The first-order chi connectivity index (χ1) is 11.2. The van der Waals surface area contributed by atoms with Crippen molar-refractivity contribution in [3.05, 3.63) is 41.8 Å². The van der Waals surface area contributed by atoms with E-state index < -0.39 is 0 Å². The second-order valence-corrected chi connectivity index (χ2v) is 6.66. The molecule has 4 rings (SSSR count). The van der Waals surface area contributed by atoms with Crippen LogP contribution in [0.3, 0.4) is 0 Å². The van der Waals surface area contributed by atoms with Crippen LogP contribution in [0.1, 0.15) is 31.2 Å². The fourth-order valence-corrected chi connectivity index (χ4v) is 4.17. The molecular weight excluding hydrogens is 293 g/mol. The fraction of sp³-hybridized carbons (Fsp3) is 0.500. The minimum absolute atomic E-state index is 0.213. The summed E-state index contributed by atoms with van der Waals surface area (Å²) in [7, 11) is 1.82. The van der Waals surface area contributed by atoms with Gasteiger partial charge in [0.15, 0.2) is 0 Å². The predicted molar refractivity (Wildman–Crippen MR) is 86.4 cm³/mol. The van der Waals surface area contributed by atoms with Crippen molar-refractivity contribution in [3.63, 3.8) is 0 Å². The summed E-state index contributed by atoms with van der Waals surface area (Å²) in [5.74, 6) is -0.213. The Morgan fingerprint density at radius 1 is 1.22 bits per heavy atom. The Morgan fingerprint density at radius 2 is 1.91 bits per heavy atom. The first kappa shape index (κ1) is 14.8. The van der Waals surface area contributed by atoms with E-state index in [1.807, 2.05) is 13.3 Å². The number of ether oxygens (including phenoxy) is 1. The summed E-state index contributed by atoms with van der Waals surface area (Å²) in [5, 5.41) is 7.30. The van der Waals surface area contributed by atoms with Gasteiger partial charge in [0.2, 0.25) is 0 Å². The van der Waals surface area contributed by atoms with E-state index in [4.69, 9.17) is 4.74 Å². The average molecular weight is 315 g/mol. The summed E-state index contributed by atoms with van der Waals surface area (Å²) in [4.78, 5) is 2.60. The lowest BCUT2D eigenvalue weighted by Gasteiger charge is -2.38. The Labute approximate surface area is 135 Å². The Kier molecular flexibility index (Phi) is 3.91. The van der Waals surface area contributed by atoms with Gasteiger partial charge >= 0.3 is 0 Å². The molecule has 2 bridgehead atoms. The SMILES string of the molecule is COC1C[C@H]2CC[C@@H](C1)N2Cc1cn[nH]c1-c1ccc(F)cc1. The summed E-state index contributed by atoms with van der Waals surface area (Å²) in [6.07, 6.45) is 7.07. The number of benzene rings is 1. The molecule has 4 nitrogen and oxygen atoms in total. The number of piperidine rings is 1. The van der Waals surface area contributed by atoms with Gasteiger partial charge in [-0.1, -0.05) is 0 Å². The van der Waals surface area contributed by atoms with Crippen LogP contribution in [-0.4, -0.2) is 40.4 Å². The van der Waals surface area contributed by atoms with Crippen molar-refractivity contribution in [2.24, 2.45) is 0 Å². The van der Waals surface area contributed by atoms with E-state index in [2.05, 4.69) is 15.1 Å². The number of nitrogens with one attached hydrogen (secondary N) is 1. The second-order valence-electron chi connectivity index (χ2n) is 6.66. The predicted octanol–water partition coefficient (Wildman–Crippen LogP) is 3.36. The molecule has 0 amide bonds. The Morgan fingerprint density at radius 3 is 2.57 bits per heavy atom. The number of nitrogens with zero attached hydrogens (tertiary/aromatic N) is 2. The third-order valence-corrected chi connectivity index (χ3v) is 5.38. The quantitative estimate of drug-likeness (QED) is 0.940. The average Bonchev–Trinajstić information content (AvgIpc) is 3.10. The maximum absolute atomic E-state index is 13.1. The van der Waals surface area contributed by atoms with E-state index in [9.17, 15) is 4.39 Å². The Bertz CT molecular complexity index is 655. The highest BCUT2D eigenvalue weighted by Gasteiger charge is 2.40. The lowest BCUT2D eigenvalue weighted by molar-refractivity contribution is 0.00258. The zero-order valence-corrected chi connectivity index (χ0v) is 13.3. The first-order valence-corrected chi connectivity index (χ1v) is 8.31. The number of methoxy groups -OCH3 is 1. The molecule has 2 aliphatic rings. The fourth-order valence-electron chi connectivity index (χ4n) is 4.17. The number of halogens is 1. The van der Waals surface area contributed by atoms with Gasteiger partial charge in [-0.3, -0.25) is 10.00 Å². The molecule has 0 spiro atoms. The lowest BCUT2D eigenvalue weighted by atomic mass is 9.98. The Balaban J connectivity index is 1.55. The van der Waals surface area contributed by atoms with Crippen LogP contribution < -0.4 is 0 Å². The zero-order chi connectivity index (χ0) is 15.8. The molecule has 5 heteroatoms. The summed E-state index contributed by atoms with van der Waals surface area (Å²) < 4.78 is 18.7. The van der Waals surface area contributed by atoms with Crippen LogP contribution in [0.15, 0.2) is 30.5 Å². The van der Waals surface area contributed by atoms with Crippen molar-refractivity contribution in [2.75, 3.05) is 7.11 Å². The maximum atomic E-state index is 13.1. The van der Waals surface area contributed by atoms with Crippen molar-refractivity contribution in [1.82, 2.24) is 15.1 Å². The van der Waals surface area contributed by atoms with Gasteiger partial charge in [-0.25, -0.2) is 4.39 Å². The normalized spacial score (nSPS) is 27.5. The van der Waals surface area contributed by atoms with Gasteiger partial charge in [0.1, 0.15) is 5.82 Å². The Hall–Kier alpha value is -1.72. The van der Waals surface area contributed by atoms with E-state index in [1.54, 1.807) is 12.1 Å². The van der Waals surface area contributed by atoms with Gasteiger partial charge in [-0.2, -0.15) is 5.10 Å². The van der Waals surface area contributed by atoms with Gasteiger partial charge in [-0.15, -0.1) is 0 Å². The molecule has 0 aliphatic carbocycles. The smallest absolute Gasteiger partial charge is 0.123 e. The molecule has 3 atom stereocenters. The van der Waals surface area contributed by atoms with Crippen LogP contribution in [0.2, 0.25) is 0 Å². The topological polar surface area (TPSA) is 41.1 Å². The monoisotopic (exact) mass is 315 g/mol. The van der Waals surface area contributed by atoms with Crippen molar-refractivity contribution in [3.8, 4) is 11.3 Å². The van der Waals surface area contributed by atoms with Crippen molar-refractivity contribution in [1.29, 1.82) is 0 Å². The third-order valence-electron chi connectivity index (χ3n) is 5.38. The van der Waals surface area contributed by atoms with Crippen LogP contribution in [0.4, 0.5) is 4.39 Å². The number of hydrogen-bond donors (Lipinski definition) is 1. The molecular formula is C18H22FN3O. The van der Waals surface area contributed by atoms with Crippen LogP contribution in [-0.2, 0) is 11.3 Å². The molecule has 2 aromatic rings. The minimum atomic E-state index is -0.213. The van der Waals surface area contributed by atoms with Crippen molar-refractivity contribution < 1.29 is 9.13 Å². The van der Waals surface area contributed by atoms with E-state index >= 15 is 0 Å². The number of aromatic nitrogens is 2. The zero-order valence-electron chi connectivity index (χ0n) is 13.3. The molecule has 1 unspecified atom stereocenters. The van der Waals surface area contributed by atoms with Crippen molar-refractivity contribution >= 4 is 0 Å². The lowest BCUT2D eigenvalue weighted by Crippen LogP contribution is -2.44. The van der Waals surface area contributed by atoms with E-state index in [0.29, 0.717) is 18.2 Å². The van der Waals surface area contributed by atoms with Gasteiger partial charge in [0, 0.05) is 36.9 Å². The van der Waals surface area contributed by atoms with Gasteiger partial charge in [0.25, 0.3) is 0 Å². The third kappa shape index (κ3) is 2.79. The molecule has 23 heavy (non-hydrogen) atoms. The summed E-state index contributed by atoms with van der Waals surface area (Å²) >= 11 is 0. The highest BCUT2D eigenvalue weighted by atomic mass is 19.1. The molecule has 1 aromatic heterocycles. The highest BCUT2D eigenvalue weighted by molar-refractivity contribution is 5.62. The number of H-pyrrole nitrogens is 1. The highest BCUT2D eigenvalue weighted by Crippen LogP contribution is 2.38. The number of hydrogen-bond acceptors (Lipinski definition) is 3. The molecule has 1 aromatic carbocycles. The van der Waals surface area contributed by atoms with Gasteiger partial charge in [0.05, 0.1) is 18.0 Å². The molecule has 122 valence electrons. The van der Waals surface area contributed by atoms with Crippen LogP contribution in [0.25, 0.3) is 11.3 Å². The largest absolute Gasteiger partial charge is 0.381 e. The van der Waals surface area contributed by atoms with E-state index in [1.165, 1.54) is 30.5 Å². The van der Waals surface area contributed by atoms with Crippen LogP contribution in [0.5, 0.6) is 0 Å². The molecule has 2 fully saturated rings. The van der Waals surface area contributed by atoms with E-state index in [0.717, 1.165) is 30.6 Å². The summed E-state index contributed by atoms with van der Waals surface area (Å²) in [6, 6.07) is 7.81. The van der Waals surface area contributed by atoms with Crippen LogP contribution in [0, 0.1) is 5.82 Å². The molecule has 0 saturated carbocycles. The number of fused-ring (bicyclic) bond motifs is 2. The van der Waals surface area contributed by atoms with E-state index in [-0.39, 0.29) is 5.82 Å². The molecule has 3 heterocycles. The van der Waals surface area contributed by atoms with Gasteiger partial charge < -0.3 is 4.74 Å². The van der Waals surface area contributed by atoms with Crippen molar-refractivity contribution in [2.45, 2.75) is 50.4 Å². The summed E-state index contributed by atoms with van der Waals surface area (Å²) in [6.45, 7) is 0.898. The molecule has 1 N–H and O–H groups in total. The second kappa shape index (κ2) is 6.06. The van der Waals surface area contributed by atoms with Crippen LogP contribution >= 0.6 is 0 Å². The van der Waals surface area contributed by atoms with Gasteiger partial charge in [-0.05, 0) is 49.9 Å². The number of aromatic amines is 1.